The zero-order valence-electron chi connectivity index (χ0n) is 11.3. The molecule has 1 aromatic carbocycles. The van der Waals surface area contributed by atoms with E-state index in [2.05, 4.69) is 49.5 Å². The first-order valence-corrected chi connectivity index (χ1v) is 6.52. The minimum atomic E-state index is 0.566. The third-order valence-corrected chi connectivity index (χ3v) is 3.02. The van der Waals surface area contributed by atoms with Gasteiger partial charge >= 0.3 is 0 Å². The summed E-state index contributed by atoms with van der Waals surface area (Å²) in [6, 6.07) is 11.2. The predicted octanol–water partition coefficient (Wildman–Crippen LogP) is 2.88. The summed E-state index contributed by atoms with van der Waals surface area (Å²) in [5.41, 5.74) is 1.41. The average molecular weight is 235 g/mol. The van der Waals surface area contributed by atoms with Crippen LogP contribution in [-0.4, -0.2) is 26.3 Å². The van der Waals surface area contributed by atoms with E-state index in [0.717, 1.165) is 26.0 Å². The first-order chi connectivity index (χ1) is 8.26. The van der Waals surface area contributed by atoms with Crippen molar-refractivity contribution in [1.29, 1.82) is 0 Å². The van der Waals surface area contributed by atoms with E-state index in [0.29, 0.717) is 12.0 Å². The van der Waals surface area contributed by atoms with E-state index in [4.69, 9.17) is 4.74 Å². The zero-order valence-corrected chi connectivity index (χ0v) is 11.3. The number of methoxy groups -OCH3 is 1. The molecule has 2 heteroatoms. The number of benzene rings is 1. The minimum absolute atomic E-state index is 0.566. The van der Waals surface area contributed by atoms with Crippen LogP contribution in [0.3, 0.4) is 0 Å². The van der Waals surface area contributed by atoms with Crippen LogP contribution in [0.5, 0.6) is 0 Å². The van der Waals surface area contributed by atoms with Crippen molar-refractivity contribution in [2.45, 2.75) is 32.7 Å². The highest BCUT2D eigenvalue weighted by Crippen LogP contribution is 2.06. The summed E-state index contributed by atoms with van der Waals surface area (Å²) in [7, 11) is 1.76. The van der Waals surface area contributed by atoms with Gasteiger partial charge in [-0.25, -0.2) is 0 Å². The van der Waals surface area contributed by atoms with E-state index in [9.17, 15) is 0 Å². The first-order valence-electron chi connectivity index (χ1n) is 6.52. The van der Waals surface area contributed by atoms with Crippen LogP contribution in [0.25, 0.3) is 0 Å². The molecule has 0 saturated heterocycles. The van der Waals surface area contributed by atoms with Gasteiger partial charge in [-0.15, -0.1) is 0 Å². The molecule has 0 aromatic heterocycles. The Morgan fingerprint density at radius 1 is 1.24 bits per heavy atom. The van der Waals surface area contributed by atoms with Crippen LogP contribution in [0.1, 0.15) is 25.8 Å². The maximum absolute atomic E-state index is 5.15. The van der Waals surface area contributed by atoms with Gasteiger partial charge in [0.1, 0.15) is 0 Å². The molecular formula is C15H25NO. The first kappa shape index (κ1) is 14.2. The lowest BCUT2D eigenvalue weighted by Crippen LogP contribution is -2.35. The van der Waals surface area contributed by atoms with Gasteiger partial charge in [-0.3, -0.25) is 0 Å². The number of nitrogens with one attached hydrogen (secondary N) is 1. The Hall–Kier alpha value is -0.860. The summed E-state index contributed by atoms with van der Waals surface area (Å²) in [5.74, 6) is 0.574. The van der Waals surface area contributed by atoms with Crippen LogP contribution < -0.4 is 5.32 Å². The predicted molar refractivity (Wildman–Crippen MR) is 73.3 cm³/mol. The molecule has 2 unspecified atom stereocenters. The van der Waals surface area contributed by atoms with Gasteiger partial charge in [-0.2, -0.15) is 0 Å². The van der Waals surface area contributed by atoms with Crippen molar-refractivity contribution in [2.24, 2.45) is 5.92 Å². The van der Waals surface area contributed by atoms with Crippen molar-refractivity contribution < 1.29 is 4.74 Å². The Bertz CT molecular complexity index is 286. The van der Waals surface area contributed by atoms with E-state index < -0.39 is 0 Å². The number of ether oxygens (including phenoxy) is 1. The van der Waals surface area contributed by atoms with E-state index >= 15 is 0 Å². The molecule has 0 fully saturated rings. The third-order valence-electron chi connectivity index (χ3n) is 3.02. The van der Waals surface area contributed by atoms with Gasteiger partial charge in [0.25, 0.3) is 0 Å². The van der Waals surface area contributed by atoms with E-state index in [1.807, 2.05) is 0 Å². The molecule has 0 saturated carbocycles. The number of hydrogen-bond acceptors (Lipinski definition) is 2. The summed E-state index contributed by atoms with van der Waals surface area (Å²) in [4.78, 5) is 0. The average Bonchev–Trinajstić information content (AvgIpc) is 2.36. The maximum Gasteiger partial charge on any atom is 0.0499 e. The Morgan fingerprint density at radius 3 is 2.53 bits per heavy atom. The van der Waals surface area contributed by atoms with E-state index in [1.165, 1.54) is 5.56 Å². The second-order valence-corrected chi connectivity index (χ2v) is 4.76. The molecule has 1 rings (SSSR count). The van der Waals surface area contributed by atoms with Crippen LogP contribution >= 0.6 is 0 Å². The second-order valence-electron chi connectivity index (χ2n) is 4.76. The fourth-order valence-corrected chi connectivity index (χ4v) is 1.97. The van der Waals surface area contributed by atoms with E-state index in [1.54, 1.807) is 7.11 Å². The Labute approximate surface area is 105 Å². The maximum atomic E-state index is 5.15. The normalized spacial score (nSPS) is 14.5. The smallest absolute Gasteiger partial charge is 0.0499 e. The number of hydrogen-bond donors (Lipinski definition) is 1. The molecule has 1 aromatic rings. The van der Waals surface area contributed by atoms with Gasteiger partial charge < -0.3 is 10.1 Å². The molecule has 2 atom stereocenters. The van der Waals surface area contributed by atoms with Gasteiger partial charge in [0, 0.05) is 26.3 Å². The van der Waals surface area contributed by atoms with E-state index in [-0.39, 0.29) is 0 Å². The SMILES string of the molecule is CCC(Cc1ccccc1)NCC(C)COC. The standard InChI is InChI=1S/C15H25NO/c1-4-15(16-11-13(2)12-17-3)10-14-8-6-5-7-9-14/h5-9,13,15-16H,4,10-12H2,1-3H3. The van der Waals surface area contributed by atoms with Crippen molar-refractivity contribution in [2.75, 3.05) is 20.3 Å². The summed E-state index contributed by atoms with van der Waals surface area (Å²) in [6.07, 6.45) is 2.27. The van der Waals surface area contributed by atoms with Crippen molar-refractivity contribution >= 4 is 0 Å². The molecule has 0 aliphatic carbocycles. The van der Waals surface area contributed by atoms with Crippen LogP contribution in [0.2, 0.25) is 0 Å². The molecule has 2 nitrogen and oxygen atoms in total. The van der Waals surface area contributed by atoms with Gasteiger partial charge in [-0.1, -0.05) is 44.2 Å². The molecule has 0 aliphatic rings. The Morgan fingerprint density at radius 2 is 1.94 bits per heavy atom. The lowest BCUT2D eigenvalue weighted by atomic mass is 10.0. The Balaban J connectivity index is 2.34. The lowest BCUT2D eigenvalue weighted by molar-refractivity contribution is 0.156. The van der Waals surface area contributed by atoms with Crippen molar-refractivity contribution in [3.05, 3.63) is 35.9 Å². The third kappa shape index (κ3) is 5.85. The fourth-order valence-electron chi connectivity index (χ4n) is 1.97. The molecular weight excluding hydrogens is 210 g/mol. The van der Waals surface area contributed by atoms with Gasteiger partial charge in [0.05, 0.1) is 0 Å². The van der Waals surface area contributed by atoms with Crippen LogP contribution in [-0.2, 0) is 11.2 Å². The molecule has 96 valence electrons. The highest BCUT2D eigenvalue weighted by molar-refractivity contribution is 5.15. The summed E-state index contributed by atoms with van der Waals surface area (Å²) in [5, 5.41) is 3.62. The highest BCUT2D eigenvalue weighted by Gasteiger charge is 2.08. The van der Waals surface area contributed by atoms with Gasteiger partial charge in [-0.05, 0) is 24.3 Å². The van der Waals surface area contributed by atoms with Crippen LogP contribution in [0.4, 0.5) is 0 Å². The monoisotopic (exact) mass is 235 g/mol. The molecule has 0 amide bonds. The fraction of sp³-hybridized carbons (Fsp3) is 0.600. The molecule has 0 radical (unpaired) electrons. The lowest BCUT2D eigenvalue weighted by Gasteiger charge is -2.19. The summed E-state index contributed by atoms with van der Waals surface area (Å²) >= 11 is 0. The topological polar surface area (TPSA) is 21.3 Å². The van der Waals surface area contributed by atoms with Crippen molar-refractivity contribution in [1.82, 2.24) is 5.32 Å². The van der Waals surface area contributed by atoms with Crippen LogP contribution in [0, 0.1) is 5.92 Å². The Kier molecular flexibility index (Phi) is 6.90. The van der Waals surface area contributed by atoms with Crippen LogP contribution in [0.15, 0.2) is 30.3 Å². The largest absolute Gasteiger partial charge is 0.384 e. The molecule has 0 bridgehead atoms. The second kappa shape index (κ2) is 8.26. The minimum Gasteiger partial charge on any atom is -0.384 e. The van der Waals surface area contributed by atoms with Crippen molar-refractivity contribution in [3.63, 3.8) is 0 Å². The van der Waals surface area contributed by atoms with Gasteiger partial charge in [0.2, 0.25) is 0 Å². The molecule has 1 N–H and O–H groups in total. The molecule has 17 heavy (non-hydrogen) atoms. The zero-order chi connectivity index (χ0) is 12.5. The van der Waals surface area contributed by atoms with Crippen molar-refractivity contribution in [3.8, 4) is 0 Å². The number of rotatable bonds is 8. The molecule has 0 aliphatic heterocycles. The summed E-state index contributed by atoms with van der Waals surface area (Å²) < 4.78 is 5.15. The molecule has 0 spiro atoms. The quantitative estimate of drug-likeness (QED) is 0.748. The van der Waals surface area contributed by atoms with Gasteiger partial charge in [0.15, 0.2) is 0 Å². The summed E-state index contributed by atoms with van der Waals surface area (Å²) in [6.45, 7) is 6.31. The highest BCUT2D eigenvalue weighted by atomic mass is 16.5. The molecule has 0 heterocycles.